The predicted octanol–water partition coefficient (Wildman–Crippen LogP) is 4.17. The average Bonchev–Trinajstić information content (AvgIpc) is 3.25. The Balaban J connectivity index is 1.91. The van der Waals surface area contributed by atoms with Crippen molar-refractivity contribution in [3.63, 3.8) is 0 Å². The van der Waals surface area contributed by atoms with Crippen molar-refractivity contribution in [3.05, 3.63) is 81.9 Å². The van der Waals surface area contributed by atoms with Gasteiger partial charge in [-0.25, -0.2) is 14.6 Å². The maximum Gasteiger partial charge on any atom is 0.343 e. The second kappa shape index (κ2) is 13.6. The summed E-state index contributed by atoms with van der Waals surface area (Å²) < 4.78 is 29.2. The van der Waals surface area contributed by atoms with Crippen molar-refractivity contribution in [1.82, 2.24) is 4.57 Å². The maximum absolute atomic E-state index is 13.9. The summed E-state index contributed by atoms with van der Waals surface area (Å²) in [6.45, 7) is 5.34. The minimum Gasteiger partial charge on any atom is -0.494 e. The molecule has 0 unspecified atom stereocenters. The lowest BCUT2D eigenvalue weighted by Crippen LogP contribution is -2.40. The number of fused-ring (bicyclic) bond motifs is 1. The van der Waals surface area contributed by atoms with E-state index in [2.05, 4.69) is 25.7 Å². The van der Waals surface area contributed by atoms with Gasteiger partial charge in [0.05, 0.1) is 58.8 Å². The summed E-state index contributed by atoms with van der Waals surface area (Å²) in [4.78, 5) is 43.8. The normalized spacial score (nSPS) is 14.6. The number of rotatable bonds is 10. The fraction of sp³-hybridized carbons (Fsp3) is 0.310. The monoisotopic (exact) mass is 678 g/mol. The first-order valence-corrected chi connectivity index (χ1v) is 14.8. The minimum absolute atomic E-state index is 0.143. The highest BCUT2D eigenvalue weighted by Crippen LogP contribution is 2.37. The molecular formula is C29H28BrClN2O8S. The molecule has 1 aliphatic rings. The number of hydrogen-bond acceptors (Lipinski definition) is 10. The Labute approximate surface area is 258 Å². The molecule has 0 saturated heterocycles. The van der Waals surface area contributed by atoms with E-state index in [1.54, 1.807) is 57.2 Å². The van der Waals surface area contributed by atoms with E-state index in [0.29, 0.717) is 59.5 Å². The summed E-state index contributed by atoms with van der Waals surface area (Å²) in [7, 11) is 2.78. The smallest absolute Gasteiger partial charge is 0.343 e. The molecule has 0 amide bonds. The topological polar surface area (TPSA) is 115 Å². The second-order valence-corrected chi connectivity index (χ2v) is 11.1. The fourth-order valence-electron chi connectivity index (χ4n) is 4.39. The highest BCUT2D eigenvalue weighted by molar-refractivity contribution is 9.10. The molecule has 42 heavy (non-hydrogen) atoms. The summed E-state index contributed by atoms with van der Waals surface area (Å²) in [6, 6.07) is 7.61. The molecule has 13 heteroatoms. The van der Waals surface area contributed by atoms with Gasteiger partial charge in [-0.05, 0) is 78.2 Å². The number of thiazole rings is 1. The van der Waals surface area contributed by atoms with Crippen LogP contribution in [-0.4, -0.2) is 50.5 Å². The van der Waals surface area contributed by atoms with Gasteiger partial charge >= 0.3 is 11.9 Å². The number of halogens is 2. The van der Waals surface area contributed by atoms with Crippen LogP contribution in [0, 0.1) is 0 Å². The van der Waals surface area contributed by atoms with Crippen molar-refractivity contribution in [3.8, 4) is 17.2 Å². The number of carbonyl (C=O) groups is 2. The van der Waals surface area contributed by atoms with E-state index in [1.165, 1.54) is 30.1 Å². The second-order valence-electron chi connectivity index (χ2n) is 8.82. The van der Waals surface area contributed by atoms with Crippen molar-refractivity contribution >= 4 is 56.9 Å². The molecule has 2 aromatic carbocycles. The number of hydrogen-bond donors (Lipinski definition) is 0. The minimum atomic E-state index is -0.873. The zero-order chi connectivity index (χ0) is 30.6. The van der Waals surface area contributed by atoms with Gasteiger partial charge < -0.3 is 23.7 Å². The maximum atomic E-state index is 13.9. The van der Waals surface area contributed by atoms with Crippen molar-refractivity contribution in [1.29, 1.82) is 0 Å². The first kappa shape index (κ1) is 31.3. The predicted molar refractivity (Wildman–Crippen MR) is 161 cm³/mol. The first-order chi connectivity index (χ1) is 20.1. The molecule has 4 rings (SSSR count). The first-order valence-electron chi connectivity index (χ1n) is 12.8. The number of allylic oxidation sites excluding steroid dienone is 1. The fourth-order valence-corrected chi connectivity index (χ4v) is 6.50. The van der Waals surface area contributed by atoms with Crippen LogP contribution >= 0.6 is 38.9 Å². The molecule has 0 bridgehead atoms. The zero-order valence-corrected chi connectivity index (χ0v) is 26.6. The largest absolute Gasteiger partial charge is 0.494 e. The van der Waals surface area contributed by atoms with Gasteiger partial charge in [-0.1, -0.05) is 29.0 Å². The van der Waals surface area contributed by atoms with Crippen molar-refractivity contribution < 1.29 is 33.3 Å². The highest BCUT2D eigenvalue weighted by atomic mass is 79.9. The molecular weight excluding hydrogens is 652 g/mol. The molecule has 1 atom stereocenters. The molecule has 10 nitrogen and oxygen atoms in total. The van der Waals surface area contributed by atoms with Gasteiger partial charge in [0.15, 0.2) is 28.7 Å². The van der Waals surface area contributed by atoms with Crippen LogP contribution in [0.2, 0.25) is 5.02 Å². The molecule has 0 N–H and O–H groups in total. The third kappa shape index (κ3) is 6.40. The summed E-state index contributed by atoms with van der Waals surface area (Å²) in [5.41, 5.74) is 1.51. The number of methoxy groups -OCH3 is 2. The quantitative estimate of drug-likeness (QED) is 0.294. The summed E-state index contributed by atoms with van der Waals surface area (Å²) >= 11 is 11.0. The molecule has 0 saturated carbocycles. The molecule has 0 spiro atoms. The van der Waals surface area contributed by atoms with Crippen molar-refractivity contribution in [2.24, 2.45) is 4.99 Å². The van der Waals surface area contributed by atoms with E-state index in [-0.39, 0.29) is 24.3 Å². The van der Waals surface area contributed by atoms with Crippen LogP contribution < -0.4 is 29.1 Å². The Kier molecular flexibility index (Phi) is 10.1. The van der Waals surface area contributed by atoms with E-state index < -0.39 is 18.0 Å². The third-order valence-corrected chi connectivity index (χ3v) is 8.05. The van der Waals surface area contributed by atoms with Crippen LogP contribution in [0.5, 0.6) is 17.2 Å². The van der Waals surface area contributed by atoms with Gasteiger partial charge in [-0.15, -0.1) is 0 Å². The van der Waals surface area contributed by atoms with Gasteiger partial charge in [-0.3, -0.25) is 9.36 Å². The van der Waals surface area contributed by atoms with Crippen molar-refractivity contribution in [2.75, 3.05) is 34.0 Å². The van der Waals surface area contributed by atoms with Gasteiger partial charge in [0.2, 0.25) is 0 Å². The number of carbonyl (C=O) groups excluding carboxylic acids is 2. The van der Waals surface area contributed by atoms with Crippen molar-refractivity contribution in [2.45, 2.75) is 26.8 Å². The Morgan fingerprint density at radius 3 is 2.52 bits per heavy atom. The van der Waals surface area contributed by atoms with E-state index >= 15 is 0 Å². The Bertz CT molecular complexity index is 1720. The highest BCUT2D eigenvalue weighted by Gasteiger charge is 2.34. The molecule has 1 aliphatic heterocycles. The lowest BCUT2D eigenvalue weighted by molar-refractivity contribution is -0.143. The number of esters is 2. The summed E-state index contributed by atoms with van der Waals surface area (Å²) in [5, 5.41) is 0.377. The number of nitrogens with zero attached hydrogens (tertiary/aromatic N) is 2. The van der Waals surface area contributed by atoms with E-state index in [1.807, 2.05) is 0 Å². The average molecular weight is 680 g/mol. The summed E-state index contributed by atoms with van der Waals surface area (Å²) in [5.74, 6) is -0.0284. The molecule has 0 aliphatic carbocycles. The third-order valence-electron chi connectivity index (χ3n) is 6.20. The van der Waals surface area contributed by atoms with E-state index in [9.17, 15) is 14.4 Å². The molecule has 2 heterocycles. The number of aromatic nitrogens is 1. The van der Waals surface area contributed by atoms with Gasteiger partial charge in [0, 0.05) is 0 Å². The van der Waals surface area contributed by atoms with Crippen LogP contribution in [0.15, 0.2) is 55.9 Å². The molecule has 0 radical (unpaired) electrons. The standard InChI is InChI=1S/C29H28BrClN2O8S/c1-6-39-21-13-17(8-9-20(21)41-14-23(34)37-4)25-24(28(36)40-7-2)15(3)32-29-33(25)27(35)22(42-29)12-16-10-18(30)26(38-5)19(31)11-16/h8-13,25H,6-7,14H2,1-5H3/b22-12-/t25-/m0/s1. The van der Waals surface area contributed by atoms with Crippen LogP contribution in [-0.2, 0) is 19.1 Å². The Hall–Kier alpha value is -3.61. The van der Waals surface area contributed by atoms with Gasteiger partial charge in [-0.2, -0.15) is 0 Å². The summed E-state index contributed by atoms with van der Waals surface area (Å²) in [6.07, 6.45) is 1.70. The van der Waals surface area contributed by atoms with Crippen LogP contribution in [0.1, 0.15) is 37.9 Å². The van der Waals surface area contributed by atoms with E-state index in [4.69, 9.17) is 30.5 Å². The van der Waals surface area contributed by atoms with Crippen LogP contribution in [0.4, 0.5) is 0 Å². The number of ether oxygens (including phenoxy) is 5. The lowest BCUT2D eigenvalue weighted by Gasteiger charge is -2.25. The molecule has 0 fully saturated rings. The zero-order valence-electron chi connectivity index (χ0n) is 23.5. The molecule has 222 valence electrons. The Morgan fingerprint density at radius 2 is 1.88 bits per heavy atom. The van der Waals surface area contributed by atoms with E-state index in [0.717, 1.165) is 0 Å². The van der Waals surface area contributed by atoms with Gasteiger partial charge in [0.1, 0.15) is 0 Å². The SMILES string of the molecule is CCOC(=O)C1=C(C)N=c2s/c(=C\c3cc(Cl)c(OC)c(Br)c3)c(=O)n2[C@H]1c1ccc(OCC(=O)OC)c(OCC)c1. The van der Waals surface area contributed by atoms with Gasteiger partial charge in [0.25, 0.3) is 5.56 Å². The number of benzene rings is 2. The molecule has 3 aromatic rings. The Morgan fingerprint density at radius 1 is 1.12 bits per heavy atom. The van der Waals surface area contributed by atoms with Crippen LogP contribution in [0.3, 0.4) is 0 Å². The lowest BCUT2D eigenvalue weighted by atomic mass is 9.95. The molecule has 1 aromatic heterocycles. The van der Waals surface area contributed by atoms with Crippen LogP contribution in [0.25, 0.3) is 6.08 Å².